The van der Waals surface area contributed by atoms with Crippen LogP contribution in [0.15, 0.2) is 30.6 Å². The maximum atomic E-state index is 14.2. The van der Waals surface area contributed by atoms with Crippen molar-refractivity contribution in [3.63, 3.8) is 0 Å². The van der Waals surface area contributed by atoms with E-state index in [1.165, 1.54) is 6.20 Å². The van der Waals surface area contributed by atoms with E-state index in [2.05, 4.69) is 41.0 Å². The van der Waals surface area contributed by atoms with Crippen molar-refractivity contribution < 1.29 is 17.6 Å². The number of hydrogen-bond donors (Lipinski definition) is 4. The van der Waals surface area contributed by atoms with Gasteiger partial charge in [-0.25, -0.2) is 9.37 Å². The zero-order valence-electron chi connectivity index (χ0n) is 15.9. The number of fused-ring (bicyclic) bond motifs is 1. The summed E-state index contributed by atoms with van der Waals surface area (Å²) in [5.74, 6) is 0.156. The number of nitrogens with one attached hydrogen (secondary N) is 4. The van der Waals surface area contributed by atoms with Crippen LogP contribution >= 0.6 is 0 Å². The van der Waals surface area contributed by atoms with E-state index in [0.717, 1.165) is 36.9 Å². The molecule has 0 saturated heterocycles. The van der Waals surface area contributed by atoms with Crippen molar-refractivity contribution in [1.29, 1.82) is 0 Å². The van der Waals surface area contributed by atoms with Gasteiger partial charge in [0.05, 0.1) is 23.5 Å². The first-order valence-corrected chi connectivity index (χ1v) is 9.49. The van der Waals surface area contributed by atoms with Gasteiger partial charge in [-0.1, -0.05) is 0 Å². The fraction of sp³-hybridized carbons (Fsp3) is 0.263. The normalized spacial score (nSPS) is 14.2. The number of anilines is 3. The van der Waals surface area contributed by atoms with E-state index in [1.807, 2.05) is 0 Å². The smallest absolute Gasteiger partial charge is 0.350 e. The summed E-state index contributed by atoms with van der Waals surface area (Å²) in [5, 5.41) is 19.5. The molecule has 3 aromatic heterocycles. The summed E-state index contributed by atoms with van der Waals surface area (Å²) in [6.45, 7) is -0.0146. The van der Waals surface area contributed by atoms with Gasteiger partial charge in [0.25, 0.3) is 0 Å². The summed E-state index contributed by atoms with van der Waals surface area (Å²) in [6.07, 6.45) is 0.111. The molecule has 0 bridgehead atoms. The Hall–Kier alpha value is -3.70. The number of alkyl halides is 3. The molecule has 1 aliphatic carbocycles. The minimum Gasteiger partial charge on any atom is -0.350 e. The Balaban J connectivity index is 1.36. The van der Waals surface area contributed by atoms with E-state index in [0.29, 0.717) is 22.7 Å². The summed E-state index contributed by atoms with van der Waals surface area (Å²) < 4.78 is 53.7. The van der Waals surface area contributed by atoms with Crippen molar-refractivity contribution in [1.82, 2.24) is 30.4 Å². The van der Waals surface area contributed by atoms with Crippen molar-refractivity contribution in [3.8, 4) is 0 Å². The Morgan fingerprint density at radius 3 is 2.71 bits per heavy atom. The summed E-state index contributed by atoms with van der Waals surface area (Å²) in [4.78, 5) is 7.95. The predicted molar refractivity (Wildman–Crippen MR) is 104 cm³/mol. The third-order valence-electron chi connectivity index (χ3n) is 5.01. The van der Waals surface area contributed by atoms with Crippen molar-refractivity contribution in [3.05, 3.63) is 53.2 Å². The van der Waals surface area contributed by atoms with Crippen LogP contribution in [-0.2, 0) is 12.7 Å². The first-order valence-electron chi connectivity index (χ1n) is 9.49. The molecule has 1 fully saturated rings. The van der Waals surface area contributed by atoms with Crippen molar-refractivity contribution >= 4 is 28.5 Å². The molecule has 31 heavy (non-hydrogen) atoms. The lowest BCUT2D eigenvalue weighted by molar-refractivity contribution is -0.137. The Bertz CT molecular complexity index is 1240. The second kappa shape index (κ2) is 7.22. The molecule has 3 heterocycles. The zero-order valence-corrected chi connectivity index (χ0v) is 15.9. The standard InChI is InChI=1S/C19H16F4N8/c20-13-8-25-18(28-17(13)27-16-5-14(30-31-16)9-1-2-9)24-6-10-3-11(19(21,22)23)4-15-12(10)7-26-29-15/h3-5,7-9H,1-2,6H2,(H,26,29)(H3,24,25,27,28,30,31). The van der Waals surface area contributed by atoms with Crippen molar-refractivity contribution in [2.75, 3.05) is 10.6 Å². The van der Waals surface area contributed by atoms with Crippen LogP contribution in [0.4, 0.5) is 35.1 Å². The summed E-state index contributed by atoms with van der Waals surface area (Å²) in [7, 11) is 0. The summed E-state index contributed by atoms with van der Waals surface area (Å²) in [5.41, 5.74) is 0.791. The van der Waals surface area contributed by atoms with Crippen LogP contribution in [0, 0.1) is 5.82 Å². The maximum Gasteiger partial charge on any atom is 0.416 e. The van der Waals surface area contributed by atoms with Crippen LogP contribution < -0.4 is 10.6 Å². The maximum absolute atomic E-state index is 14.2. The Labute approximate surface area is 172 Å². The zero-order chi connectivity index (χ0) is 21.6. The lowest BCUT2D eigenvalue weighted by atomic mass is 10.1. The van der Waals surface area contributed by atoms with Gasteiger partial charge in [-0.2, -0.15) is 28.4 Å². The third kappa shape index (κ3) is 4.00. The van der Waals surface area contributed by atoms with Crippen LogP contribution in [0.3, 0.4) is 0 Å². The third-order valence-corrected chi connectivity index (χ3v) is 5.01. The van der Waals surface area contributed by atoms with E-state index < -0.39 is 17.6 Å². The molecule has 160 valence electrons. The number of aromatic nitrogens is 6. The van der Waals surface area contributed by atoms with Gasteiger partial charge in [0.1, 0.15) is 0 Å². The molecule has 1 aromatic carbocycles. The molecule has 0 unspecified atom stereocenters. The molecule has 12 heteroatoms. The van der Waals surface area contributed by atoms with E-state index in [-0.39, 0.29) is 23.8 Å². The molecule has 0 amide bonds. The molecule has 0 aliphatic heterocycles. The minimum atomic E-state index is -4.50. The Morgan fingerprint density at radius 2 is 1.94 bits per heavy atom. The van der Waals surface area contributed by atoms with Crippen LogP contribution in [0.5, 0.6) is 0 Å². The molecular formula is C19H16F4N8. The van der Waals surface area contributed by atoms with E-state index in [9.17, 15) is 17.6 Å². The summed E-state index contributed by atoms with van der Waals surface area (Å²) in [6, 6.07) is 3.84. The van der Waals surface area contributed by atoms with E-state index in [1.54, 1.807) is 6.07 Å². The van der Waals surface area contributed by atoms with Crippen molar-refractivity contribution in [2.45, 2.75) is 31.5 Å². The number of hydrogen-bond acceptors (Lipinski definition) is 6. The van der Waals surface area contributed by atoms with E-state index >= 15 is 0 Å². The Kier molecular flexibility index (Phi) is 4.49. The number of benzene rings is 1. The number of rotatable bonds is 6. The lowest BCUT2D eigenvalue weighted by Crippen LogP contribution is -2.09. The fourth-order valence-electron chi connectivity index (χ4n) is 3.27. The molecule has 0 spiro atoms. The van der Waals surface area contributed by atoms with Crippen LogP contribution in [0.2, 0.25) is 0 Å². The second-order valence-electron chi connectivity index (χ2n) is 7.32. The van der Waals surface area contributed by atoms with Gasteiger partial charge in [-0.05, 0) is 30.5 Å². The first-order chi connectivity index (χ1) is 14.9. The molecule has 0 radical (unpaired) electrons. The lowest BCUT2D eigenvalue weighted by Gasteiger charge is -2.12. The van der Waals surface area contributed by atoms with Gasteiger partial charge in [0.2, 0.25) is 5.95 Å². The molecule has 1 saturated carbocycles. The topological polar surface area (TPSA) is 107 Å². The number of H-pyrrole nitrogens is 2. The first kappa shape index (κ1) is 19.3. The number of halogens is 4. The average Bonchev–Trinajstić information content (AvgIpc) is 3.28. The van der Waals surface area contributed by atoms with Gasteiger partial charge in [0.15, 0.2) is 17.5 Å². The molecule has 4 aromatic rings. The number of nitrogens with zero attached hydrogens (tertiary/aromatic N) is 4. The van der Waals surface area contributed by atoms with Gasteiger partial charge < -0.3 is 10.6 Å². The highest BCUT2D eigenvalue weighted by Crippen LogP contribution is 2.39. The van der Waals surface area contributed by atoms with Gasteiger partial charge >= 0.3 is 6.18 Å². The highest BCUT2D eigenvalue weighted by molar-refractivity contribution is 5.82. The highest BCUT2D eigenvalue weighted by atomic mass is 19.4. The molecule has 4 N–H and O–H groups in total. The van der Waals surface area contributed by atoms with E-state index in [4.69, 9.17) is 0 Å². The fourth-order valence-corrected chi connectivity index (χ4v) is 3.27. The quantitative estimate of drug-likeness (QED) is 0.335. The SMILES string of the molecule is Fc1cnc(NCc2cc(C(F)(F)F)cc3[nH]ncc23)nc1Nc1cc(C2CC2)[nH]n1. The van der Waals surface area contributed by atoms with Crippen LogP contribution in [0.1, 0.15) is 35.6 Å². The van der Waals surface area contributed by atoms with Gasteiger partial charge in [-0.15, -0.1) is 0 Å². The second-order valence-corrected chi connectivity index (χ2v) is 7.32. The number of aromatic amines is 2. The molecule has 0 atom stereocenters. The highest BCUT2D eigenvalue weighted by Gasteiger charge is 2.31. The molecule has 5 rings (SSSR count). The van der Waals surface area contributed by atoms with Gasteiger partial charge in [-0.3, -0.25) is 10.2 Å². The van der Waals surface area contributed by atoms with Crippen molar-refractivity contribution in [2.24, 2.45) is 0 Å². The molecular weight excluding hydrogens is 416 g/mol. The summed E-state index contributed by atoms with van der Waals surface area (Å²) >= 11 is 0. The predicted octanol–water partition coefficient (Wildman–Crippen LogP) is 4.47. The van der Waals surface area contributed by atoms with Crippen LogP contribution in [-0.4, -0.2) is 30.4 Å². The minimum absolute atomic E-state index is 0.0146. The Morgan fingerprint density at radius 1 is 1.10 bits per heavy atom. The average molecular weight is 432 g/mol. The molecule has 8 nitrogen and oxygen atoms in total. The largest absolute Gasteiger partial charge is 0.416 e. The van der Waals surface area contributed by atoms with Gasteiger partial charge in [0, 0.05) is 29.6 Å². The molecule has 1 aliphatic rings. The van der Waals surface area contributed by atoms with Crippen LogP contribution in [0.25, 0.3) is 10.9 Å². The monoisotopic (exact) mass is 432 g/mol.